The summed E-state index contributed by atoms with van der Waals surface area (Å²) in [6, 6.07) is 18.3. The fraction of sp³-hybridized carbons (Fsp3) is 0.480. The molecule has 154 valence electrons. The average molecular weight is 395 g/mol. The number of carbonyl (C=O) groups excluding carboxylic acids is 1. The van der Waals surface area contributed by atoms with Crippen molar-refractivity contribution in [3.05, 3.63) is 60.2 Å². The van der Waals surface area contributed by atoms with Crippen molar-refractivity contribution >= 4 is 5.97 Å². The van der Waals surface area contributed by atoms with Crippen molar-refractivity contribution in [3.63, 3.8) is 0 Å². The van der Waals surface area contributed by atoms with Crippen LogP contribution >= 0.6 is 0 Å². The number of rotatable bonds is 9. The summed E-state index contributed by atoms with van der Waals surface area (Å²) in [4.78, 5) is 12.1. The van der Waals surface area contributed by atoms with Gasteiger partial charge in [-0.2, -0.15) is 0 Å². The van der Waals surface area contributed by atoms with Crippen LogP contribution in [0.25, 0.3) is 0 Å². The van der Waals surface area contributed by atoms with E-state index in [2.05, 4.69) is 12.1 Å². The molecule has 0 saturated heterocycles. The van der Waals surface area contributed by atoms with E-state index in [-0.39, 0.29) is 23.9 Å². The van der Waals surface area contributed by atoms with Crippen molar-refractivity contribution in [2.45, 2.75) is 44.6 Å². The van der Waals surface area contributed by atoms with Crippen molar-refractivity contribution in [3.8, 4) is 11.5 Å². The normalized spacial score (nSPS) is 22.8. The molecule has 0 radical (unpaired) electrons. The Bertz CT molecular complexity index is 809. The zero-order valence-corrected chi connectivity index (χ0v) is 17.3. The first-order valence-corrected chi connectivity index (χ1v) is 10.7. The Labute approximate surface area is 173 Å². The summed E-state index contributed by atoms with van der Waals surface area (Å²) >= 11 is 0. The molecular weight excluding hydrogens is 364 g/mol. The van der Waals surface area contributed by atoms with E-state index in [9.17, 15) is 4.79 Å². The Morgan fingerprint density at radius 2 is 1.76 bits per heavy atom. The van der Waals surface area contributed by atoms with Gasteiger partial charge in [0.15, 0.2) is 0 Å². The lowest BCUT2D eigenvalue weighted by atomic mass is 9.82. The van der Waals surface area contributed by atoms with Crippen LogP contribution in [0.15, 0.2) is 54.6 Å². The lowest BCUT2D eigenvalue weighted by Crippen LogP contribution is -2.37. The number of benzene rings is 2. The summed E-state index contributed by atoms with van der Waals surface area (Å²) < 4.78 is 17.1. The van der Waals surface area contributed by atoms with Gasteiger partial charge in [-0.15, -0.1) is 0 Å². The van der Waals surface area contributed by atoms with Crippen molar-refractivity contribution in [2.24, 2.45) is 17.8 Å². The molecule has 4 heteroatoms. The predicted octanol–water partition coefficient (Wildman–Crippen LogP) is 5.23. The third kappa shape index (κ3) is 4.92. The maximum absolute atomic E-state index is 12.1. The molecule has 0 aliphatic heterocycles. The Balaban J connectivity index is 1.30. The molecule has 2 atom stereocenters. The van der Waals surface area contributed by atoms with E-state index in [1.807, 2.05) is 49.4 Å². The molecule has 0 unspecified atom stereocenters. The van der Waals surface area contributed by atoms with E-state index in [4.69, 9.17) is 14.2 Å². The summed E-state index contributed by atoms with van der Waals surface area (Å²) in [6.45, 7) is 2.68. The van der Waals surface area contributed by atoms with Gasteiger partial charge in [-0.05, 0) is 73.3 Å². The Kier molecular flexibility index (Phi) is 6.08. The highest BCUT2D eigenvalue weighted by molar-refractivity contribution is 5.73. The van der Waals surface area contributed by atoms with Crippen molar-refractivity contribution in [1.29, 1.82) is 0 Å². The molecule has 0 aromatic heterocycles. The Morgan fingerprint density at radius 1 is 1.03 bits per heavy atom. The van der Waals surface area contributed by atoms with Crippen LogP contribution in [-0.2, 0) is 9.53 Å². The quantitative estimate of drug-likeness (QED) is 0.547. The van der Waals surface area contributed by atoms with Gasteiger partial charge in [-0.3, -0.25) is 4.79 Å². The smallest absolute Gasteiger partial charge is 0.309 e. The van der Waals surface area contributed by atoms with E-state index in [1.165, 1.54) is 25.5 Å². The van der Waals surface area contributed by atoms with E-state index in [0.29, 0.717) is 18.4 Å². The number of methoxy groups -OCH3 is 1. The Morgan fingerprint density at radius 3 is 2.45 bits per heavy atom. The van der Waals surface area contributed by atoms with Crippen LogP contribution < -0.4 is 9.47 Å². The molecule has 0 spiro atoms. The summed E-state index contributed by atoms with van der Waals surface area (Å²) in [5.74, 6) is 2.87. The number of ether oxygens (including phenoxy) is 3. The van der Waals surface area contributed by atoms with E-state index >= 15 is 0 Å². The summed E-state index contributed by atoms with van der Waals surface area (Å²) in [7, 11) is 1.47. The molecule has 0 amide bonds. The minimum atomic E-state index is -0.134. The van der Waals surface area contributed by atoms with Crippen molar-refractivity contribution < 1.29 is 19.0 Å². The summed E-state index contributed by atoms with van der Waals surface area (Å²) in [5.41, 5.74) is 1.18. The van der Waals surface area contributed by atoms with Gasteiger partial charge in [0.25, 0.3) is 0 Å². The molecule has 0 bridgehead atoms. The summed E-state index contributed by atoms with van der Waals surface area (Å²) in [5, 5.41) is 0. The van der Waals surface area contributed by atoms with Crippen molar-refractivity contribution in [2.75, 3.05) is 13.7 Å². The molecule has 2 saturated carbocycles. The van der Waals surface area contributed by atoms with Crippen LogP contribution in [0.5, 0.6) is 11.5 Å². The zero-order valence-electron chi connectivity index (χ0n) is 17.3. The van der Waals surface area contributed by atoms with Crippen molar-refractivity contribution in [1.82, 2.24) is 0 Å². The number of para-hydroxylation sites is 1. The minimum absolute atomic E-state index is 0.132. The van der Waals surface area contributed by atoms with Gasteiger partial charge in [0.2, 0.25) is 0 Å². The second kappa shape index (κ2) is 8.89. The van der Waals surface area contributed by atoms with Crippen LogP contribution in [-0.4, -0.2) is 25.8 Å². The van der Waals surface area contributed by atoms with Crippen LogP contribution in [0.2, 0.25) is 0 Å². The topological polar surface area (TPSA) is 44.8 Å². The van der Waals surface area contributed by atoms with E-state index < -0.39 is 0 Å². The average Bonchev–Trinajstić information content (AvgIpc) is 3.55. The molecule has 4 rings (SSSR count). The first-order chi connectivity index (χ1) is 14.1. The maximum atomic E-state index is 12.1. The van der Waals surface area contributed by atoms with Gasteiger partial charge < -0.3 is 14.2 Å². The van der Waals surface area contributed by atoms with E-state index in [1.54, 1.807) is 0 Å². The Hall–Kier alpha value is -2.49. The molecule has 4 nitrogen and oxygen atoms in total. The fourth-order valence-corrected chi connectivity index (χ4v) is 4.38. The lowest BCUT2D eigenvalue weighted by Gasteiger charge is -2.35. The minimum Gasteiger partial charge on any atom is -0.493 e. The molecule has 2 fully saturated rings. The SMILES string of the molecule is COC(=O)[C@@H](C)[C@H](c1cccc(OCC2CC(Oc3ccccc3)C2)c1)C1CC1. The number of esters is 1. The first-order valence-electron chi connectivity index (χ1n) is 10.7. The van der Waals surface area contributed by atoms with Gasteiger partial charge in [0, 0.05) is 0 Å². The second-order valence-corrected chi connectivity index (χ2v) is 8.45. The van der Waals surface area contributed by atoms with E-state index in [0.717, 1.165) is 24.3 Å². The van der Waals surface area contributed by atoms with Crippen LogP contribution in [0.1, 0.15) is 44.1 Å². The van der Waals surface area contributed by atoms with Crippen LogP contribution in [0.4, 0.5) is 0 Å². The highest BCUT2D eigenvalue weighted by Gasteiger charge is 2.39. The van der Waals surface area contributed by atoms with Gasteiger partial charge in [0.1, 0.15) is 11.5 Å². The van der Waals surface area contributed by atoms with Gasteiger partial charge in [-0.25, -0.2) is 0 Å². The molecule has 2 aromatic carbocycles. The van der Waals surface area contributed by atoms with Crippen LogP contribution in [0, 0.1) is 17.8 Å². The highest BCUT2D eigenvalue weighted by atomic mass is 16.5. The first kappa shape index (κ1) is 19.8. The zero-order chi connectivity index (χ0) is 20.2. The molecule has 2 aromatic rings. The monoisotopic (exact) mass is 394 g/mol. The number of hydrogen-bond donors (Lipinski definition) is 0. The number of carbonyl (C=O) groups is 1. The molecular formula is C25H30O4. The van der Waals surface area contributed by atoms with Gasteiger partial charge >= 0.3 is 5.97 Å². The van der Waals surface area contributed by atoms with Gasteiger partial charge in [-0.1, -0.05) is 37.3 Å². The van der Waals surface area contributed by atoms with Gasteiger partial charge in [0.05, 0.1) is 25.7 Å². The standard InChI is InChI=1S/C25H30O4/c1-17(25(26)27-2)24(19-11-12-19)20-7-6-10-22(15-20)28-16-18-13-23(14-18)29-21-8-4-3-5-9-21/h3-10,15,17-19,23-24H,11-14,16H2,1-2H3/t17-,18?,23?,24-/m0/s1. The molecule has 0 N–H and O–H groups in total. The molecule has 0 heterocycles. The largest absolute Gasteiger partial charge is 0.493 e. The predicted molar refractivity (Wildman–Crippen MR) is 112 cm³/mol. The third-order valence-electron chi connectivity index (χ3n) is 6.21. The maximum Gasteiger partial charge on any atom is 0.309 e. The third-order valence-corrected chi connectivity index (χ3v) is 6.21. The molecule has 29 heavy (non-hydrogen) atoms. The number of hydrogen-bond acceptors (Lipinski definition) is 4. The van der Waals surface area contributed by atoms with Crippen LogP contribution in [0.3, 0.4) is 0 Å². The molecule has 2 aliphatic carbocycles. The highest BCUT2D eigenvalue weighted by Crippen LogP contribution is 2.47. The molecule has 2 aliphatic rings. The second-order valence-electron chi connectivity index (χ2n) is 8.45. The summed E-state index contributed by atoms with van der Waals surface area (Å²) in [6.07, 6.45) is 4.71. The fourth-order valence-electron chi connectivity index (χ4n) is 4.38. The lowest BCUT2D eigenvalue weighted by molar-refractivity contribution is -0.145.